The van der Waals surface area contributed by atoms with E-state index in [1.807, 2.05) is 12.1 Å². The lowest BCUT2D eigenvalue weighted by atomic mass is 10.0. The molecule has 9 nitrogen and oxygen atoms in total. The molecule has 3 amide bonds. The zero-order valence-electron chi connectivity index (χ0n) is 19.8. The van der Waals surface area contributed by atoms with Gasteiger partial charge in [0.2, 0.25) is 5.91 Å². The number of benzene rings is 1. The Morgan fingerprint density at radius 2 is 1.71 bits per heavy atom. The van der Waals surface area contributed by atoms with Gasteiger partial charge in [0.05, 0.1) is 0 Å². The van der Waals surface area contributed by atoms with Crippen molar-refractivity contribution < 1.29 is 19.1 Å². The Labute approximate surface area is 199 Å². The fraction of sp³-hybridized carbons (Fsp3) is 0.480. The van der Waals surface area contributed by atoms with Crippen molar-refractivity contribution in [3.8, 4) is 0 Å². The van der Waals surface area contributed by atoms with Gasteiger partial charge in [0.25, 0.3) is 5.91 Å². The standard InChI is InChI=1S/C25H31N5O4/c1-25(2,3)34-24(33)30-13-7-6-10-19(30)22(31)29-21-20(26-11-12-27-21)23(32)28-18-14-16-8-4-5-9-17(16)15-18/h4-5,8-9,11-12,18-19H,6-7,10,13-15H2,1-3H3,(H,28,32)(H,27,29,31). The van der Waals surface area contributed by atoms with Crippen LogP contribution in [0.5, 0.6) is 0 Å². The van der Waals surface area contributed by atoms with Crippen LogP contribution < -0.4 is 10.6 Å². The average molecular weight is 466 g/mol. The van der Waals surface area contributed by atoms with E-state index in [4.69, 9.17) is 4.74 Å². The number of nitrogens with zero attached hydrogens (tertiary/aromatic N) is 3. The third kappa shape index (κ3) is 5.52. The second kappa shape index (κ2) is 9.79. The lowest BCUT2D eigenvalue weighted by Gasteiger charge is -2.35. The number of rotatable bonds is 4. The number of likely N-dealkylation sites (tertiary alicyclic amines) is 1. The topological polar surface area (TPSA) is 114 Å². The van der Waals surface area contributed by atoms with E-state index in [2.05, 4.69) is 32.7 Å². The van der Waals surface area contributed by atoms with Crippen LogP contribution in [-0.2, 0) is 22.4 Å². The van der Waals surface area contributed by atoms with Gasteiger partial charge in [0.1, 0.15) is 11.6 Å². The molecule has 1 saturated heterocycles. The molecule has 9 heteroatoms. The Morgan fingerprint density at radius 1 is 1.03 bits per heavy atom. The highest BCUT2D eigenvalue weighted by Crippen LogP contribution is 2.24. The third-order valence-corrected chi connectivity index (χ3v) is 5.97. The minimum atomic E-state index is -0.703. The molecule has 2 aromatic rings. The molecular weight excluding hydrogens is 434 g/mol. The molecule has 34 heavy (non-hydrogen) atoms. The van der Waals surface area contributed by atoms with E-state index < -0.39 is 29.6 Å². The van der Waals surface area contributed by atoms with Gasteiger partial charge in [-0.05, 0) is 64.0 Å². The monoisotopic (exact) mass is 465 g/mol. The molecule has 1 fully saturated rings. The van der Waals surface area contributed by atoms with Gasteiger partial charge >= 0.3 is 6.09 Å². The van der Waals surface area contributed by atoms with Crippen LogP contribution in [0.2, 0.25) is 0 Å². The Morgan fingerprint density at radius 3 is 2.38 bits per heavy atom. The summed E-state index contributed by atoms with van der Waals surface area (Å²) >= 11 is 0. The molecule has 0 saturated carbocycles. The number of hydrogen-bond acceptors (Lipinski definition) is 6. The molecule has 1 aliphatic carbocycles. The number of nitrogens with one attached hydrogen (secondary N) is 2. The molecular formula is C25H31N5O4. The van der Waals surface area contributed by atoms with Gasteiger partial charge in [-0.25, -0.2) is 14.8 Å². The van der Waals surface area contributed by atoms with Crippen LogP contribution in [0.1, 0.15) is 61.6 Å². The van der Waals surface area contributed by atoms with Crippen molar-refractivity contribution in [3.05, 3.63) is 53.5 Å². The molecule has 4 rings (SSSR count). The fourth-order valence-electron chi connectivity index (χ4n) is 4.45. The Bertz CT molecular complexity index is 1060. The number of carbonyl (C=O) groups excluding carboxylic acids is 3. The maximum absolute atomic E-state index is 13.2. The first-order valence-electron chi connectivity index (χ1n) is 11.7. The van der Waals surface area contributed by atoms with E-state index in [0.717, 1.165) is 25.7 Å². The van der Waals surface area contributed by atoms with Crippen molar-refractivity contribution in [1.82, 2.24) is 20.2 Å². The maximum Gasteiger partial charge on any atom is 0.410 e. The molecule has 1 atom stereocenters. The minimum absolute atomic E-state index is 0.0449. The number of fused-ring (bicyclic) bond motifs is 1. The number of piperidine rings is 1. The molecule has 0 radical (unpaired) electrons. The summed E-state index contributed by atoms with van der Waals surface area (Å²) in [6.07, 6.45) is 5.93. The fourth-order valence-corrected chi connectivity index (χ4v) is 4.45. The van der Waals surface area contributed by atoms with Crippen LogP contribution in [0.3, 0.4) is 0 Å². The van der Waals surface area contributed by atoms with E-state index >= 15 is 0 Å². The van der Waals surface area contributed by atoms with Gasteiger partial charge in [0.15, 0.2) is 11.5 Å². The van der Waals surface area contributed by atoms with Gasteiger partial charge < -0.3 is 15.4 Å². The summed E-state index contributed by atoms with van der Waals surface area (Å²) in [4.78, 5) is 48.7. The number of amides is 3. The van der Waals surface area contributed by atoms with Crippen LogP contribution >= 0.6 is 0 Å². The summed E-state index contributed by atoms with van der Waals surface area (Å²) in [5.74, 6) is -0.725. The van der Waals surface area contributed by atoms with Crippen molar-refractivity contribution in [3.63, 3.8) is 0 Å². The summed E-state index contributed by atoms with van der Waals surface area (Å²) in [6, 6.07) is 7.37. The van der Waals surface area contributed by atoms with Gasteiger partial charge in [-0.3, -0.25) is 14.5 Å². The molecule has 180 valence electrons. The highest BCUT2D eigenvalue weighted by atomic mass is 16.6. The second-order valence-corrected chi connectivity index (χ2v) is 9.78. The quantitative estimate of drug-likeness (QED) is 0.717. The van der Waals surface area contributed by atoms with Crippen molar-refractivity contribution in [2.45, 2.75) is 70.6 Å². The molecule has 2 heterocycles. The summed E-state index contributed by atoms with van der Waals surface area (Å²) in [6.45, 7) is 5.80. The summed E-state index contributed by atoms with van der Waals surface area (Å²) < 4.78 is 5.49. The van der Waals surface area contributed by atoms with Crippen molar-refractivity contribution in [2.24, 2.45) is 0 Å². The number of ether oxygens (including phenoxy) is 1. The predicted molar refractivity (Wildman–Crippen MR) is 126 cm³/mol. The normalized spacial score (nSPS) is 18.2. The van der Waals surface area contributed by atoms with Crippen LogP contribution in [-0.4, -0.2) is 57.0 Å². The van der Waals surface area contributed by atoms with Gasteiger partial charge in [-0.1, -0.05) is 24.3 Å². The number of carbonyl (C=O) groups is 3. The maximum atomic E-state index is 13.2. The second-order valence-electron chi connectivity index (χ2n) is 9.78. The molecule has 1 unspecified atom stereocenters. The highest BCUT2D eigenvalue weighted by molar-refractivity contribution is 6.03. The molecule has 0 bridgehead atoms. The number of anilines is 1. The van der Waals surface area contributed by atoms with Gasteiger partial charge in [-0.2, -0.15) is 0 Å². The Hall–Kier alpha value is -3.49. The lowest BCUT2D eigenvalue weighted by Crippen LogP contribution is -2.51. The van der Waals surface area contributed by atoms with Crippen LogP contribution in [0.25, 0.3) is 0 Å². The highest BCUT2D eigenvalue weighted by Gasteiger charge is 2.35. The van der Waals surface area contributed by atoms with Crippen LogP contribution in [0.15, 0.2) is 36.7 Å². The SMILES string of the molecule is CC(C)(C)OC(=O)N1CCCCC1C(=O)Nc1nccnc1C(=O)NC1Cc2ccccc2C1. The molecule has 1 aromatic carbocycles. The van der Waals surface area contributed by atoms with Crippen LogP contribution in [0.4, 0.5) is 10.6 Å². The number of hydrogen-bond donors (Lipinski definition) is 2. The van der Waals surface area contributed by atoms with E-state index in [1.165, 1.54) is 28.4 Å². The molecule has 2 N–H and O–H groups in total. The van der Waals surface area contributed by atoms with Gasteiger partial charge in [0, 0.05) is 25.0 Å². The Kier molecular flexibility index (Phi) is 6.81. The zero-order chi connectivity index (χ0) is 24.3. The molecule has 0 spiro atoms. The van der Waals surface area contributed by atoms with Crippen LogP contribution in [0, 0.1) is 0 Å². The number of aromatic nitrogens is 2. The van der Waals surface area contributed by atoms with Crippen molar-refractivity contribution in [1.29, 1.82) is 0 Å². The third-order valence-electron chi connectivity index (χ3n) is 5.97. The smallest absolute Gasteiger partial charge is 0.410 e. The first-order valence-corrected chi connectivity index (χ1v) is 11.7. The first-order chi connectivity index (χ1) is 16.2. The molecule has 1 aliphatic heterocycles. The van der Waals surface area contributed by atoms with Crippen molar-refractivity contribution in [2.75, 3.05) is 11.9 Å². The van der Waals surface area contributed by atoms with E-state index in [0.29, 0.717) is 13.0 Å². The molecule has 1 aromatic heterocycles. The van der Waals surface area contributed by atoms with E-state index in [1.54, 1.807) is 20.8 Å². The summed E-state index contributed by atoms with van der Waals surface area (Å²) in [5.41, 5.74) is 1.83. The lowest BCUT2D eigenvalue weighted by molar-refractivity contribution is -0.122. The van der Waals surface area contributed by atoms with E-state index in [-0.39, 0.29) is 17.6 Å². The summed E-state index contributed by atoms with van der Waals surface area (Å²) in [5, 5.41) is 5.74. The molecule has 2 aliphatic rings. The average Bonchev–Trinajstić information content (AvgIpc) is 3.20. The van der Waals surface area contributed by atoms with E-state index in [9.17, 15) is 14.4 Å². The minimum Gasteiger partial charge on any atom is -0.444 e. The Balaban J connectivity index is 1.44. The van der Waals surface area contributed by atoms with Gasteiger partial charge in [-0.15, -0.1) is 0 Å². The largest absolute Gasteiger partial charge is 0.444 e. The summed E-state index contributed by atoms with van der Waals surface area (Å²) in [7, 11) is 0. The predicted octanol–water partition coefficient (Wildman–Crippen LogP) is 3.10. The van der Waals surface area contributed by atoms with Crippen molar-refractivity contribution >= 4 is 23.7 Å². The zero-order valence-corrected chi connectivity index (χ0v) is 19.8. The first kappa shape index (κ1) is 23.7.